The minimum absolute atomic E-state index is 0.0401. The average Bonchev–Trinajstić information content (AvgIpc) is 2.59. The van der Waals surface area contributed by atoms with E-state index in [-0.39, 0.29) is 12.1 Å². The summed E-state index contributed by atoms with van der Waals surface area (Å²) in [5.74, 6) is 0.483. The van der Waals surface area contributed by atoms with Gasteiger partial charge in [-0.15, -0.1) is 0 Å². The molecule has 0 fully saturated rings. The third-order valence-electron chi connectivity index (χ3n) is 3.38. The first-order valence-corrected chi connectivity index (χ1v) is 7.27. The topological polar surface area (TPSA) is 59.6 Å². The highest BCUT2D eigenvalue weighted by molar-refractivity contribution is 5.80. The molecule has 0 aliphatic heterocycles. The molecular weight excluding hydrogens is 337 g/mol. The van der Waals surface area contributed by atoms with Gasteiger partial charge < -0.3 is 9.47 Å². The number of para-hydroxylation sites is 1. The van der Waals surface area contributed by atoms with Crippen molar-refractivity contribution in [2.45, 2.75) is 12.6 Å². The number of alkyl halides is 3. The van der Waals surface area contributed by atoms with E-state index in [0.717, 1.165) is 6.07 Å². The summed E-state index contributed by atoms with van der Waals surface area (Å²) in [6.45, 7) is 0. The van der Waals surface area contributed by atoms with Gasteiger partial charge in [0.1, 0.15) is 0 Å². The van der Waals surface area contributed by atoms with Crippen LogP contribution in [0.2, 0.25) is 0 Å². The van der Waals surface area contributed by atoms with Crippen molar-refractivity contribution in [1.82, 2.24) is 5.43 Å². The van der Waals surface area contributed by atoms with Crippen molar-refractivity contribution in [3.8, 4) is 11.5 Å². The zero-order valence-electron chi connectivity index (χ0n) is 13.6. The lowest BCUT2D eigenvalue weighted by Crippen LogP contribution is -2.31. The molecule has 0 aliphatic rings. The quantitative estimate of drug-likeness (QED) is 0.781. The molecule has 0 radical (unpaired) electrons. The molecule has 0 saturated heterocycles. The van der Waals surface area contributed by atoms with Crippen LogP contribution in [-0.2, 0) is 17.4 Å². The molecule has 2 aromatic carbocycles. The van der Waals surface area contributed by atoms with Gasteiger partial charge in [0.25, 0.3) is 0 Å². The maximum Gasteiger partial charge on any atom is 0.418 e. The first kappa shape index (κ1) is 18.4. The number of hydrogen-bond donors (Lipinski definition) is 2. The van der Waals surface area contributed by atoms with Gasteiger partial charge in [-0.25, -0.2) is 0 Å². The van der Waals surface area contributed by atoms with Crippen LogP contribution in [0.15, 0.2) is 42.5 Å². The van der Waals surface area contributed by atoms with Crippen LogP contribution in [0.4, 0.5) is 18.9 Å². The molecule has 2 N–H and O–H groups in total. The van der Waals surface area contributed by atoms with Crippen molar-refractivity contribution in [2.75, 3.05) is 19.6 Å². The third-order valence-corrected chi connectivity index (χ3v) is 3.38. The Hall–Kier alpha value is -2.90. The Bertz CT molecular complexity index is 748. The number of benzene rings is 2. The fourth-order valence-corrected chi connectivity index (χ4v) is 2.20. The van der Waals surface area contributed by atoms with Crippen molar-refractivity contribution in [1.29, 1.82) is 0 Å². The fraction of sp³-hybridized carbons (Fsp3) is 0.235. The number of carbonyl (C=O) groups excluding carboxylic acids is 1. The van der Waals surface area contributed by atoms with Crippen molar-refractivity contribution in [3.05, 3.63) is 53.6 Å². The fourth-order valence-electron chi connectivity index (χ4n) is 2.20. The summed E-state index contributed by atoms with van der Waals surface area (Å²) in [5.41, 5.74) is 4.12. The zero-order chi connectivity index (χ0) is 18.4. The Morgan fingerprint density at radius 3 is 2.36 bits per heavy atom. The van der Waals surface area contributed by atoms with E-state index < -0.39 is 17.6 Å². The number of halogens is 3. The van der Waals surface area contributed by atoms with Crippen molar-refractivity contribution in [2.24, 2.45) is 0 Å². The summed E-state index contributed by atoms with van der Waals surface area (Å²) in [5, 5.41) is 0. The molecule has 0 unspecified atom stereocenters. The van der Waals surface area contributed by atoms with Gasteiger partial charge in [-0.3, -0.25) is 15.6 Å². The van der Waals surface area contributed by atoms with Crippen LogP contribution in [0.5, 0.6) is 11.5 Å². The molecule has 0 aliphatic carbocycles. The molecule has 0 aromatic heterocycles. The lowest BCUT2D eigenvalue weighted by atomic mass is 10.1. The summed E-state index contributed by atoms with van der Waals surface area (Å²) >= 11 is 0. The number of hydrazine groups is 1. The summed E-state index contributed by atoms with van der Waals surface area (Å²) in [6, 6.07) is 9.83. The predicted octanol–water partition coefficient (Wildman–Crippen LogP) is 3.41. The number of hydrogen-bond acceptors (Lipinski definition) is 4. The monoisotopic (exact) mass is 354 g/mol. The van der Waals surface area contributed by atoms with Gasteiger partial charge in [-0.2, -0.15) is 13.2 Å². The number of carbonyl (C=O) groups is 1. The van der Waals surface area contributed by atoms with Gasteiger partial charge in [0, 0.05) is 0 Å². The molecule has 0 saturated carbocycles. The van der Waals surface area contributed by atoms with Gasteiger partial charge in [0.05, 0.1) is 31.9 Å². The highest BCUT2D eigenvalue weighted by Crippen LogP contribution is 2.34. The predicted molar refractivity (Wildman–Crippen MR) is 86.5 cm³/mol. The molecule has 2 aromatic rings. The third kappa shape index (κ3) is 4.79. The minimum Gasteiger partial charge on any atom is -0.493 e. The number of ether oxygens (including phenoxy) is 2. The van der Waals surface area contributed by atoms with Gasteiger partial charge in [-0.05, 0) is 29.8 Å². The van der Waals surface area contributed by atoms with Gasteiger partial charge in [0.15, 0.2) is 11.5 Å². The number of nitrogens with one attached hydrogen (secondary N) is 2. The van der Waals surface area contributed by atoms with Crippen LogP contribution < -0.4 is 20.3 Å². The van der Waals surface area contributed by atoms with Crippen LogP contribution in [0, 0.1) is 0 Å². The largest absolute Gasteiger partial charge is 0.493 e. The summed E-state index contributed by atoms with van der Waals surface area (Å²) in [4.78, 5) is 12.0. The molecule has 8 heteroatoms. The molecule has 134 valence electrons. The maximum absolute atomic E-state index is 12.9. The molecule has 25 heavy (non-hydrogen) atoms. The lowest BCUT2D eigenvalue weighted by molar-refractivity contribution is -0.137. The first-order chi connectivity index (χ1) is 11.8. The maximum atomic E-state index is 12.9. The zero-order valence-corrected chi connectivity index (χ0v) is 13.6. The van der Waals surface area contributed by atoms with Crippen molar-refractivity contribution >= 4 is 11.6 Å². The SMILES string of the molecule is COc1ccc(CC(=O)NNc2ccccc2C(F)(F)F)cc1OC. The Morgan fingerprint density at radius 1 is 1.04 bits per heavy atom. The smallest absolute Gasteiger partial charge is 0.418 e. The average molecular weight is 354 g/mol. The molecule has 1 amide bonds. The standard InChI is InChI=1S/C17H17F3N2O3/c1-24-14-8-7-11(9-15(14)25-2)10-16(23)22-21-13-6-4-3-5-12(13)17(18,19)20/h3-9,21H,10H2,1-2H3,(H,22,23). The van der Waals surface area contributed by atoms with E-state index >= 15 is 0 Å². The van der Waals surface area contributed by atoms with Crippen LogP contribution in [0.1, 0.15) is 11.1 Å². The Labute approximate surface area is 142 Å². The van der Waals surface area contributed by atoms with E-state index in [1.807, 2.05) is 0 Å². The van der Waals surface area contributed by atoms with E-state index in [2.05, 4.69) is 10.9 Å². The van der Waals surface area contributed by atoms with E-state index in [1.165, 1.54) is 32.4 Å². The number of methoxy groups -OCH3 is 2. The van der Waals surface area contributed by atoms with Crippen molar-refractivity contribution in [3.63, 3.8) is 0 Å². The van der Waals surface area contributed by atoms with Crippen molar-refractivity contribution < 1.29 is 27.4 Å². The summed E-state index contributed by atoms with van der Waals surface area (Å²) in [6.07, 6.45) is -4.56. The Kier molecular flexibility index (Phi) is 5.74. The van der Waals surface area contributed by atoms with Gasteiger partial charge in [-0.1, -0.05) is 18.2 Å². The highest BCUT2D eigenvalue weighted by Gasteiger charge is 2.33. The van der Waals surface area contributed by atoms with E-state index in [1.54, 1.807) is 18.2 Å². The molecule has 2 rings (SSSR count). The Morgan fingerprint density at radius 2 is 1.72 bits per heavy atom. The first-order valence-electron chi connectivity index (χ1n) is 7.27. The van der Waals surface area contributed by atoms with E-state index in [9.17, 15) is 18.0 Å². The van der Waals surface area contributed by atoms with E-state index in [0.29, 0.717) is 17.1 Å². The van der Waals surface area contributed by atoms with Gasteiger partial charge >= 0.3 is 6.18 Å². The van der Waals surface area contributed by atoms with Crippen LogP contribution in [0.3, 0.4) is 0 Å². The van der Waals surface area contributed by atoms with E-state index in [4.69, 9.17) is 9.47 Å². The number of anilines is 1. The normalized spacial score (nSPS) is 10.9. The molecule has 0 atom stereocenters. The van der Waals surface area contributed by atoms with Crippen LogP contribution in [-0.4, -0.2) is 20.1 Å². The molecule has 0 bridgehead atoms. The lowest BCUT2D eigenvalue weighted by Gasteiger charge is -2.15. The summed E-state index contributed by atoms with van der Waals surface area (Å²) in [7, 11) is 2.96. The van der Waals surface area contributed by atoms with Gasteiger partial charge in [0.2, 0.25) is 5.91 Å². The van der Waals surface area contributed by atoms with Crippen LogP contribution >= 0.6 is 0 Å². The highest BCUT2D eigenvalue weighted by atomic mass is 19.4. The minimum atomic E-state index is -4.52. The number of rotatable bonds is 6. The molecular formula is C17H17F3N2O3. The summed E-state index contributed by atoms with van der Waals surface area (Å²) < 4.78 is 48.9. The molecule has 5 nitrogen and oxygen atoms in total. The second-order valence-electron chi connectivity index (χ2n) is 5.08. The molecule has 0 heterocycles. The number of amides is 1. The second-order valence-corrected chi connectivity index (χ2v) is 5.08. The second kappa shape index (κ2) is 7.78. The van der Waals surface area contributed by atoms with Crippen LogP contribution in [0.25, 0.3) is 0 Å². The molecule has 0 spiro atoms. The Balaban J connectivity index is 2.03.